The van der Waals surface area contributed by atoms with Crippen molar-refractivity contribution in [1.82, 2.24) is 4.90 Å². The third-order valence-electron chi connectivity index (χ3n) is 4.74. The summed E-state index contributed by atoms with van der Waals surface area (Å²) in [5.74, 6) is 0.338. The molecule has 0 radical (unpaired) electrons. The van der Waals surface area contributed by atoms with Crippen molar-refractivity contribution in [3.63, 3.8) is 0 Å². The van der Waals surface area contributed by atoms with Gasteiger partial charge in [-0.15, -0.1) is 0 Å². The van der Waals surface area contributed by atoms with Crippen molar-refractivity contribution in [3.8, 4) is 11.5 Å². The Morgan fingerprint density at radius 2 is 1.72 bits per heavy atom. The molecule has 1 aliphatic heterocycles. The number of hydrogen-bond acceptors (Lipinski definition) is 5. The second-order valence-electron chi connectivity index (χ2n) is 6.67. The van der Waals surface area contributed by atoms with Gasteiger partial charge in [-0.3, -0.25) is 14.5 Å². The molecular formula is C22H23ClN2O4. The minimum Gasteiger partial charge on any atom is -0.493 e. The third kappa shape index (κ3) is 3.93. The van der Waals surface area contributed by atoms with E-state index >= 15 is 0 Å². The van der Waals surface area contributed by atoms with Crippen LogP contribution >= 0.6 is 11.6 Å². The van der Waals surface area contributed by atoms with Crippen LogP contribution in [0.2, 0.25) is 5.02 Å². The van der Waals surface area contributed by atoms with Gasteiger partial charge < -0.3 is 14.8 Å². The molecular weight excluding hydrogens is 392 g/mol. The summed E-state index contributed by atoms with van der Waals surface area (Å²) in [5, 5.41) is 3.76. The maximum Gasteiger partial charge on any atom is 0.278 e. The molecule has 0 saturated heterocycles. The monoisotopic (exact) mass is 414 g/mol. The Morgan fingerprint density at radius 3 is 2.34 bits per heavy atom. The van der Waals surface area contributed by atoms with Gasteiger partial charge in [-0.2, -0.15) is 0 Å². The zero-order valence-electron chi connectivity index (χ0n) is 16.8. The average Bonchev–Trinajstić information content (AvgIpc) is 2.94. The fourth-order valence-corrected chi connectivity index (χ4v) is 3.51. The first-order valence-corrected chi connectivity index (χ1v) is 9.65. The number of nitrogens with one attached hydrogen (secondary N) is 1. The fourth-order valence-electron chi connectivity index (χ4n) is 3.28. The maximum atomic E-state index is 13.1. The molecule has 29 heavy (non-hydrogen) atoms. The van der Waals surface area contributed by atoms with Crippen LogP contribution in [0.15, 0.2) is 42.1 Å². The minimum atomic E-state index is -0.351. The highest BCUT2D eigenvalue weighted by atomic mass is 35.5. The summed E-state index contributed by atoms with van der Waals surface area (Å²) in [5.41, 5.74) is 2.70. The van der Waals surface area contributed by atoms with Crippen molar-refractivity contribution in [3.05, 3.63) is 58.2 Å². The van der Waals surface area contributed by atoms with E-state index in [0.29, 0.717) is 46.3 Å². The quantitative estimate of drug-likeness (QED) is 0.685. The molecule has 0 fully saturated rings. The molecule has 1 N–H and O–H groups in total. The molecule has 0 aromatic heterocycles. The second kappa shape index (κ2) is 8.57. The summed E-state index contributed by atoms with van der Waals surface area (Å²) >= 11 is 6.04. The molecule has 0 unspecified atom stereocenters. The van der Waals surface area contributed by atoms with E-state index in [0.717, 1.165) is 5.56 Å². The van der Waals surface area contributed by atoms with Crippen molar-refractivity contribution >= 4 is 34.7 Å². The molecule has 0 aliphatic carbocycles. The van der Waals surface area contributed by atoms with E-state index in [1.165, 1.54) is 12.0 Å². The third-order valence-corrected chi connectivity index (χ3v) is 4.97. The SMILES string of the molecule is CCCN1C(=O)C(Nc2ccc(Cl)cc2C)=C(c2ccc(OC)c(OC)c2)C1=O. The summed E-state index contributed by atoms with van der Waals surface area (Å²) in [4.78, 5) is 27.4. The Balaban J connectivity index is 2.13. The van der Waals surface area contributed by atoms with Gasteiger partial charge in [0, 0.05) is 17.3 Å². The number of rotatable bonds is 7. The van der Waals surface area contributed by atoms with E-state index in [1.807, 2.05) is 13.8 Å². The maximum absolute atomic E-state index is 13.1. The number of benzene rings is 2. The van der Waals surface area contributed by atoms with Gasteiger partial charge in [-0.1, -0.05) is 24.6 Å². The van der Waals surface area contributed by atoms with Crippen LogP contribution in [0.1, 0.15) is 24.5 Å². The Kier molecular flexibility index (Phi) is 6.13. The number of ether oxygens (including phenoxy) is 2. The van der Waals surface area contributed by atoms with Crippen molar-refractivity contribution in [2.24, 2.45) is 0 Å². The van der Waals surface area contributed by atoms with Crippen molar-refractivity contribution in [1.29, 1.82) is 0 Å². The van der Waals surface area contributed by atoms with Gasteiger partial charge in [0.15, 0.2) is 11.5 Å². The topological polar surface area (TPSA) is 67.9 Å². The van der Waals surface area contributed by atoms with Gasteiger partial charge in [0.25, 0.3) is 11.8 Å². The Labute approximate surface area is 175 Å². The minimum absolute atomic E-state index is 0.237. The van der Waals surface area contributed by atoms with Crippen molar-refractivity contribution in [2.75, 3.05) is 26.1 Å². The summed E-state index contributed by atoms with van der Waals surface area (Å²) in [7, 11) is 3.07. The number of methoxy groups -OCH3 is 2. The number of amides is 2. The lowest BCUT2D eigenvalue weighted by molar-refractivity contribution is -0.136. The smallest absolute Gasteiger partial charge is 0.278 e. The van der Waals surface area contributed by atoms with E-state index in [-0.39, 0.29) is 17.5 Å². The average molecular weight is 415 g/mol. The number of carbonyl (C=O) groups excluding carboxylic acids is 2. The first-order chi connectivity index (χ1) is 13.9. The Bertz CT molecular complexity index is 1000. The Morgan fingerprint density at radius 1 is 1.00 bits per heavy atom. The largest absolute Gasteiger partial charge is 0.493 e. The van der Waals surface area contributed by atoms with E-state index < -0.39 is 0 Å². The van der Waals surface area contributed by atoms with Crippen molar-refractivity contribution < 1.29 is 19.1 Å². The fraction of sp³-hybridized carbons (Fsp3) is 0.273. The summed E-state index contributed by atoms with van der Waals surface area (Å²) in [6.07, 6.45) is 0.671. The predicted octanol–water partition coefficient (Wildman–Crippen LogP) is 4.27. The van der Waals surface area contributed by atoms with Gasteiger partial charge >= 0.3 is 0 Å². The Hall–Kier alpha value is -2.99. The molecule has 1 heterocycles. The van der Waals surface area contributed by atoms with Crippen LogP contribution in [0.25, 0.3) is 5.57 Å². The molecule has 1 aliphatic rings. The molecule has 0 atom stereocenters. The highest BCUT2D eigenvalue weighted by Gasteiger charge is 2.39. The normalized spacial score (nSPS) is 13.9. The number of carbonyl (C=O) groups is 2. The molecule has 6 nitrogen and oxygen atoms in total. The van der Waals surface area contributed by atoms with Gasteiger partial charge in [-0.25, -0.2) is 0 Å². The molecule has 0 spiro atoms. The van der Waals surface area contributed by atoms with Gasteiger partial charge in [0.05, 0.1) is 19.8 Å². The van der Waals surface area contributed by atoms with E-state index in [4.69, 9.17) is 21.1 Å². The second-order valence-corrected chi connectivity index (χ2v) is 7.10. The van der Waals surface area contributed by atoms with E-state index in [1.54, 1.807) is 43.5 Å². The van der Waals surface area contributed by atoms with Crippen LogP contribution in [0, 0.1) is 6.92 Å². The van der Waals surface area contributed by atoms with Crippen LogP contribution in [0.4, 0.5) is 5.69 Å². The first-order valence-electron chi connectivity index (χ1n) is 9.27. The van der Waals surface area contributed by atoms with Gasteiger partial charge in [0.1, 0.15) is 5.70 Å². The highest BCUT2D eigenvalue weighted by Crippen LogP contribution is 2.36. The number of anilines is 1. The van der Waals surface area contributed by atoms with Crippen LogP contribution in [0.5, 0.6) is 11.5 Å². The van der Waals surface area contributed by atoms with Crippen LogP contribution in [-0.2, 0) is 9.59 Å². The predicted molar refractivity (Wildman–Crippen MR) is 113 cm³/mol. The van der Waals surface area contributed by atoms with Gasteiger partial charge in [-0.05, 0) is 54.8 Å². The summed E-state index contributed by atoms with van der Waals surface area (Å²) in [6.45, 7) is 4.15. The molecule has 2 aromatic carbocycles. The first kappa shape index (κ1) is 20.7. The number of hydrogen-bond donors (Lipinski definition) is 1. The lowest BCUT2D eigenvalue weighted by Gasteiger charge is -2.14. The molecule has 7 heteroatoms. The highest BCUT2D eigenvalue weighted by molar-refractivity contribution is 6.36. The number of halogens is 1. The summed E-state index contributed by atoms with van der Waals surface area (Å²) in [6, 6.07) is 10.5. The van der Waals surface area contributed by atoms with Crippen LogP contribution in [0.3, 0.4) is 0 Å². The van der Waals surface area contributed by atoms with Crippen LogP contribution < -0.4 is 14.8 Å². The van der Waals surface area contributed by atoms with Crippen LogP contribution in [-0.4, -0.2) is 37.5 Å². The van der Waals surface area contributed by atoms with E-state index in [9.17, 15) is 9.59 Å². The van der Waals surface area contributed by atoms with Gasteiger partial charge in [0.2, 0.25) is 0 Å². The molecule has 2 aromatic rings. The summed E-state index contributed by atoms with van der Waals surface area (Å²) < 4.78 is 10.6. The number of nitrogens with zero attached hydrogens (tertiary/aromatic N) is 1. The van der Waals surface area contributed by atoms with Crippen molar-refractivity contribution in [2.45, 2.75) is 20.3 Å². The van der Waals surface area contributed by atoms with E-state index in [2.05, 4.69) is 5.32 Å². The molecule has 0 saturated carbocycles. The molecule has 3 rings (SSSR count). The zero-order chi connectivity index (χ0) is 21.1. The molecule has 152 valence electrons. The molecule has 2 amide bonds. The zero-order valence-corrected chi connectivity index (χ0v) is 17.6. The standard InChI is InChI=1S/C22H23ClN2O4/c1-5-10-25-21(26)19(14-6-9-17(28-3)18(12-14)29-4)20(22(25)27)24-16-8-7-15(23)11-13(16)2/h6-9,11-12,24H,5,10H2,1-4H3. The lowest BCUT2D eigenvalue weighted by atomic mass is 10.0. The lowest BCUT2D eigenvalue weighted by Crippen LogP contribution is -2.33. The molecule has 0 bridgehead atoms. The number of imide groups is 1. The number of aryl methyl sites for hydroxylation is 1.